The molecule has 216 valence electrons. The molecule has 1 aliphatic rings. The lowest BCUT2D eigenvalue weighted by atomic mass is 9.80. The average Bonchev–Trinajstić information content (AvgIpc) is 2.94. The molecule has 0 radical (unpaired) electrons. The number of amides is 2. The van der Waals surface area contributed by atoms with Gasteiger partial charge in [-0.2, -0.15) is 0 Å². The Bertz CT molecular complexity index is 1350. The Labute approximate surface area is 236 Å². The van der Waals surface area contributed by atoms with E-state index < -0.39 is 29.7 Å². The van der Waals surface area contributed by atoms with Crippen LogP contribution in [0.2, 0.25) is 0 Å². The number of hydrogen-bond donors (Lipinski definition) is 2. The molecule has 1 heterocycles. The van der Waals surface area contributed by atoms with Gasteiger partial charge in [0.05, 0.1) is 18.6 Å². The third-order valence-electron chi connectivity index (χ3n) is 6.76. The van der Waals surface area contributed by atoms with Gasteiger partial charge in [0.1, 0.15) is 29.2 Å². The monoisotopic (exact) mass is 566 g/mol. The molecule has 0 bridgehead atoms. The van der Waals surface area contributed by atoms with Crippen molar-refractivity contribution >= 4 is 23.5 Å². The van der Waals surface area contributed by atoms with Crippen LogP contribution < -0.4 is 19.7 Å². The molecule has 1 saturated heterocycles. The van der Waals surface area contributed by atoms with E-state index in [1.165, 1.54) is 36.4 Å². The van der Waals surface area contributed by atoms with Crippen LogP contribution in [0.15, 0.2) is 72.8 Å². The van der Waals surface area contributed by atoms with Gasteiger partial charge in [0, 0.05) is 5.69 Å². The second kappa shape index (κ2) is 13.3. The number of carbonyl (C=O) groups is 3. The smallest absolute Gasteiger partial charge is 0.326 e. The fraction of sp³-hybridized carbons (Fsp3) is 0.323. The highest BCUT2D eigenvalue weighted by molar-refractivity contribution is 6.03. The molecule has 0 aliphatic carbocycles. The average molecular weight is 567 g/mol. The summed E-state index contributed by atoms with van der Waals surface area (Å²) in [7, 11) is 0. The molecule has 2 N–H and O–H groups in total. The number of hydrogen-bond acceptors (Lipinski definition) is 5. The summed E-state index contributed by atoms with van der Waals surface area (Å²) < 4.78 is 38.0. The summed E-state index contributed by atoms with van der Waals surface area (Å²) in [4.78, 5) is 38.5. The highest BCUT2D eigenvalue weighted by Crippen LogP contribution is 2.45. The van der Waals surface area contributed by atoms with Crippen LogP contribution in [0.1, 0.15) is 38.3 Å². The summed E-state index contributed by atoms with van der Waals surface area (Å²) in [5.41, 5.74) is 1.36. The van der Waals surface area contributed by atoms with Crippen molar-refractivity contribution in [2.75, 3.05) is 18.1 Å². The Morgan fingerprint density at radius 3 is 2.05 bits per heavy atom. The zero-order chi connectivity index (χ0) is 29.5. The van der Waals surface area contributed by atoms with Crippen LogP contribution in [0.5, 0.6) is 11.5 Å². The van der Waals surface area contributed by atoms with E-state index in [0.717, 1.165) is 5.56 Å². The number of benzene rings is 3. The third kappa shape index (κ3) is 7.59. The Balaban J connectivity index is 1.42. The van der Waals surface area contributed by atoms with Crippen molar-refractivity contribution in [3.8, 4) is 11.5 Å². The first kappa shape index (κ1) is 29.5. The van der Waals surface area contributed by atoms with Crippen LogP contribution in [0, 0.1) is 23.5 Å². The summed E-state index contributed by atoms with van der Waals surface area (Å²) in [6, 6.07) is 16.9. The fourth-order valence-electron chi connectivity index (χ4n) is 4.77. The molecule has 0 saturated carbocycles. The second-order valence-corrected chi connectivity index (χ2v) is 10.3. The van der Waals surface area contributed by atoms with Gasteiger partial charge in [0.2, 0.25) is 5.91 Å². The molecule has 3 aromatic carbocycles. The van der Waals surface area contributed by atoms with E-state index in [-0.39, 0.29) is 36.9 Å². The summed E-state index contributed by atoms with van der Waals surface area (Å²) in [6.07, 6.45) is 0.703. The van der Waals surface area contributed by atoms with Gasteiger partial charge >= 0.3 is 5.97 Å². The van der Waals surface area contributed by atoms with Gasteiger partial charge < -0.3 is 24.8 Å². The minimum Gasteiger partial charge on any atom is -0.494 e. The lowest BCUT2D eigenvalue weighted by Crippen LogP contribution is -2.55. The van der Waals surface area contributed by atoms with Crippen molar-refractivity contribution in [3.05, 3.63) is 90.0 Å². The first-order valence-electron chi connectivity index (χ1n) is 13.3. The summed E-state index contributed by atoms with van der Waals surface area (Å²) in [6.45, 7) is 3.63. The van der Waals surface area contributed by atoms with Crippen molar-refractivity contribution in [2.24, 2.45) is 11.8 Å². The second-order valence-electron chi connectivity index (χ2n) is 10.3. The zero-order valence-electron chi connectivity index (χ0n) is 22.8. The molecule has 3 aromatic rings. The highest BCUT2D eigenvalue weighted by Gasteiger charge is 2.48. The topological polar surface area (TPSA) is 105 Å². The Kier molecular flexibility index (Phi) is 9.54. The molecule has 10 heteroatoms. The van der Waals surface area contributed by atoms with E-state index in [9.17, 15) is 28.3 Å². The number of rotatable bonds is 13. The standard InChI is InChI=1S/C31H32F2N2O6/c1-19(2)17-27(31(38)39)34-28(36)18-41-25-11-3-20(4-12-25)29-26(15-16-40-24-13-7-22(33)8-14-24)30(37)35(29)23-9-5-21(32)6-10-23/h3-14,19,26-27,29H,15-18H2,1-2H3,(H,34,36)(H,38,39). The van der Waals surface area contributed by atoms with E-state index in [1.807, 2.05) is 13.8 Å². The molecule has 41 heavy (non-hydrogen) atoms. The molecule has 4 rings (SSSR count). The number of anilines is 1. The molecular weight excluding hydrogens is 534 g/mol. The molecule has 0 aromatic heterocycles. The predicted molar refractivity (Wildman–Crippen MR) is 148 cm³/mol. The molecule has 8 nitrogen and oxygen atoms in total. The summed E-state index contributed by atoms with van der Waals surface area (Å²) in [5, 5.41) is 11.8. The van der Waals surface area contributed by atoms with Gasteiger partial charge in [-0.25, -0.2) is 13.6 Å². The number of carbonyl (C=O) groups excluding carboxylic acids is 2. The van der Waals surface area contributed by atoms with Gasteiger partial charge in [-0.15, -0.1) is 0 Å². The summed E-state index contributed by atoms with van der Waals surface area (Å²) in [5.74, 6) is -1.98. The zero-order valence-corrected chi connectivity index (χ0v) is 22.8. The molecule has 3 atom stereocenters. The predicted octanol–water partition coefficient (Wildman–Crippen LogP) is 5.13. The first-order chi connectivity index (χ1) is 19.6. The van der Waals surface area contributed by atoms with E-state index >= 15 is 0 Å². The number of carboxylic acids is 1. The minimum absolute atomic E-state index is 0.0935. The van der Waals surface area contributed by atoms with Crippen LogP contribution in [0.3, 0.4) is 0 Å². The Morgan fingerprint density at radius 1 is 0.902 bits per heavy atom. The Morgan fingerprint density at radius 2 is 1.46 bits per heavy atom. The SMILES string of the molecule is CC(C)CC(NC(=O)COc1ccc(C2C(CCOc3ccc(F)cc3)C(=O)N2c2ccc(F)cc2)cc1)C(=O)O. The fourth-order valence-corrected chi connectivity index (χ4v) is 4.77. The van der Waals surface area contributed by atoms with Gasteiger partial charge in [0.25, 0.3) is 5.91 Å². The maximum atomic E-state index is 13.5. The van der Waals surface area contributed by atoms with Gasteiger partial charge in [0.15, 0.2) is 6.61 Å². The molecule has 2 amide bonds. The number of nitrogens with one attached hydrogen (secondary N) is 1. The van der Waals surface area contributed by atoms with Crippen molar-refractivity contribution in [2.45, 2.75) is 38.8 Å². The van der Waals surface area contributed by atoms with Crippen molar-refractivity contribution in [1.29, 1.82) is 0 Å². The van der Waals surface area contributed by atoms with Gasteiger partial charge in [-0.05, 0) is 85.0 Å². The van der Waals surface area contributed by atoms with Crippen LogP contribution in [0.25, 0.3) is 0 Å². The first-order valence-corrected chi connectivity index (χ1v) is 13.3. The maximum Gasteiger partial charge on any atom is 0.326 e. The van der Waals surface area contributed by atoms with Crippen LogP contribution in [-0.2, 0) is 14.4 Å². The largest absolute Gasteiger partial charge is 0.494 e. The van der Waals surface area contributed by atoms with Crippen molar-refractivity contribution in [3.63, 3.8) is 0 Å². The number of halogens is 2. The van der Waals surface area contributed by atoms with E-state index in [1.54, 1.807) is 41.3 Å². The maximum absolute atomic E-state index is 13.5. The molecule has 0 spiro atoms. The Hall–Kier alpha value is -4.47. The summed E-state index contributed by atoms with van der Waals surface area (Å²) >= 11 is 0. The van der Waals surface area contributed by atoms with Crippen molar-refractivity contribution < 1.29 is 37.7 Å². The van der Waals surface area contributed by atoms with E-state index in [0.29, 0.717) is 30.0 Å². The van der Waals surface area contributed by atoms with Crippen LogP contribution in [0.4, 0.5) is 14.5 Å². The van der Waals surface area contributed by atoms with Gasteiger partial charge in [-0.3, -0.25) is 9.59 Å². The molecule has 3 unspecified atom stereocenters. The lowest BCUT2D eigenvalue weighted by molar-refractivity contribution is -0.142. The molecular formula is C31H32F2N2O6. The number of nitrogens with zero attached hydrogens (tertiary/aromatic N) is 1. The quantitative estimate of drug-likeness (QED) is 0.278. The van der Waals surface area contributed by atoms with Gasteiger partial charge in [-0.1, -0.05) is 26.0 Å². The number of carboxylic acid groups (broad SMARTS) is 1. The van der Waals surface area contributed by atoms with E-state index in [2.05, 4.69) is 5.32 Å². The minimum atomic E-state index is -1.10. The van der Waals surface area contributed by atoms with E-state index in [4.69, 9.17) is 9.47 Å². The number of aliphatic carboxylic acids is 1. The molecule has 1 aliphatic heterocycles. The highest BCUT2D eigenvalue weighted by atomic mass is 19.1. The van der Waals surface area contributed by atoms with Crippen LogP contribution in [-0.4, -0.2) is 42.1 Å². The third-order valence-corrected chi connectivity index (χ3v) is 6.76. The van der Waals surface area contributed by atoms with Crippen molar-refractivity contribution in [1.82, 2.24) is 5.32 Å². The van der Waals surface area contributed by atoms with Crippen LogP contribution >= 0.6 is 0 Å². The lowest BCUT2D eigenvalue weighted by Gasteiger charge is -2.47. The number of ether oxygens (including phenoxy) is 2. The normalized spacial score (nSPS) is 17.1. The molecule has 1 fully saturated rings. The number of β-lactam (4-membered cyclic amide) rings is 1.